The van der Waals surface area contributed by atoms with Crippen LogP contribution in [0.4, 0.5) is 0 Å². The molecule has 0 aliphatic rings. The number of aryl methyl sites for hydroxylation is 2. The van der Waals surface area contributed by atoms with Gasteiger partial charge in [0.2, 0.25) is 0 Å². The molecule has 1 unspecified atom stereocenters. The van der Waals surface area contributed by atoms with Gasteiger partial charge in [0.05, 0.1) is 23.7 Å². The topological polar surface area (TPSA) is 50.9 Å². The van der Waals surface area contributed by atoms with Crippen LogP contribution in [0.5, 0.6) is 0 Å². The van der Waals surface area contributed by atoms with Crippen LogP contribution in [0.1, 0.15) is 22.4 Å². The number of aromatic nitrogens is 3. The van der Waals surface area contributed by atoms with Gasteiger partial charge < -0.3 is 9.67 Å². The molecule has 2 heterocycles. The molecule has 0 saturated heterocycles. The molecule has 2 aromatic heterocycles. The molecule has 158 valence electrons. The highest BCUT2D eigenvalue weighted by atomic mass is 35.5. The molecule has 5 rings (SSSR count). The summed E-state index contributed by atoms with van der Waals surface area (Å²) in [5.74, 6) is 0. The van der Waals surface area contributed by atoms with Crippen LogP contribution in [0.25, 0.3) is 22.0 Å². The maximum Gasteiger partial charge on any atom is 0.156 e. The van der Waals surface area contributed by atoms with Gasteiger partial charge in [-0.3, -0.25) is 4.98 Å². The first kappa shape index (κ1) is 20.4. The van der Waals surface area contributed by atoms with Crippen LogP contribution < -0.4 is 0 Å². The second-order valence-corrected chi connectivity index (χ2v) is 8.50. The lowest BCUT2D eigenvalue weighted by atomic mass is 9.82. The predicted octanol–water partition coefficient (Wildman–Crippen LogP) is 5.88. The molecule has 0 saturated carbocycles. The van der Waals surface area contributed by atoms with Gasteiger partial charge in [0, 0.05) is 29.2 Å². The average Bonchev–Trinajstić information content (AvgIpc) is 3.25. The summed E-state index contributed by atoms with van der Waals surface area (Å²) in [5, 5.41) is 13.8. The maximum absolute atomic E-state index is 12.2. The number of hydrogen-bond acceptors (Lipinski definition) is 3. The fourth-order valence-electron chi connectivity index (χ4n) is 4.29. The minimum absolute atomic E-state index is 0.618. The Morgan fingerprint density at radius 1 is 0.875 bits per heavy atom. The van der Waals surface area contributed by atoms with Crippen LogP contribution >= 0.6 is 11.6 Å². The van der Waals surface area contributed by atoms with Gasteiger partial charge in [0.25, 0.3) is 0 Å². The number of rotatable bonds is 4. The standard InChI is InChI=1S/C27H22ClN3O/c1-18-12-23(14-20-13-21(15-30-26(18)20)19-6-4-3-5-7-19)27(32,25-16-29-17-31(25)2)22-8-10-24(28)11-9-22/h3-17,32H,1-2H3. The van der Waals surface area contributed by atoms with E-state index >= 15 is 0 Å². The molecule has 0 aliphatic carbocycles. The van der Waals surface area contributed by atoms with Gasteiger partial charge in [-0.25, -0.2) is 4.98 Å². The van der Waals surface area contributed by atoms with Crippen molar-refractivity contribution in [1.29, 1.82) is 0 Å². The molecule has 0 aliphatic heterocycles. The molecule has 4 nitrogen and oxygen atoms in total. The zero-order valence-corrected chi connectivity index (χ0v) is 18.6. The van der Waals surface area contributed by atoms with Crippen molar-refractivity contribution in [1.82, 2.24) is 14.5 Å². The monoisotopic (exact) mass is 439 g/mol. The lowest BCUT2D eigenvalue weighted by Crippen LogP contribution is -2.31. The Balaban J connectivity index is 1.76. The number of aliphatic hydroxyl groups is 1. The smallest absolute Gasteiger partial charge is 0.156 e. The molecule has 0 amide bonds. The Hall–Kier alpha value is -3.47. The summed E-state index contributed by atoms with van der Waals surface area (Å²) in [4.78, 5) is 8.99. The van der Waals surface area contributed by atoms with Crippen molar-refractivity contribution in [3.8, 4) is 11.1 Å². The van der Waals surface area contributed by atoms with Crippen LogP contribution in [0.3, 0.4) is 0 Å². The molecule has 0 bridgehead atoms. The third-order valence-electron chi connectivity index (χ3n) is 5.95. The van der Waals surface area contributed by atoms with Crippen molar-refractivity contribution in [2.24, 2.45) is 7.05 Å². The minimum atomic E-state index is -1.41. The summed E-state index contributed by atoms with van der Waals surface area (Å²) in [6.45, 7) is 2.02. The van der Waals surface area contributed by atoms with Crippen LogP contribution in [0.15, 0.2) is 91.5 Å². The second kappa shape index (κ2) is 7.90. The molecular formula is C27H22ClN3O. The van der Waals surface area contributed by atoms with Crippen molar-refractivity contribution in [3.63, 3.8) is 0 Å². The molecular weight excluding hydrogens is 418 g/mol. The van der Waals surface area contributed by atoms with Gasteiger partial charge in [-0.1, -0.05) is 60.1 Å². The van der Waals surface area contributed by atoms with Crippen molar-refractivity contribution in [2.45, 2.75) is 12.5 Å². The highest BCUT2D eigenvalue weighted by Gasteiger charge is 2.37. The number of pyridine rings is 1. The molecule has 1 N–H and O–H groups in total. The van der Waals surface area contributed by atoms with Gasteiger partial charge in [-0.05, 0) is 53.4 Å². The second-order valence-electron chi connectivity index (χ2n) is 8.06. The molecule has 0 radical (unpaired) electrons. The normalized spacial score (nSPS) is 13.2. The first-order valence-corrected chi connectivity index (χ1v) is 10.8. The van der Waals surface area contributed by atoms with Crippen molar-refractivity contribution >= 4 is 22.5 Å². The molecule has 0 spiro atoms. The Kier molecular flexibility index (Phi) is 5.04. The van der Waals surface area contributed by atoms with E-state index in [4.69, 9.17) is 16.6 Å². The lowest BCUT2D eigenvalue weighted by molar-refractivity contribution is 0.117. The molecule has 0 fully saturated rings. The van der Waals surface area contributed by atoms with E-state index in [9.17, 15) is 5.11 Å². The molecule has 3 aromatic carbocycles. The highest BCUT2D eigenvalue weighted by molar-refractivity contribution is 6.30. The summed E-state index contributed by atoms with van der Waals surface area (Å²) in [5.41, 5.74) is 4.78. The zero-order valence-electron chi connectivity index (χ0n) is 17.8. The molecule has 5 aromatic rings. The minimum Gasteiger partial charge on any atom is -0.374 e. The fourth-order valence-corrected chi connectivity index (χ4v) is 4.41. The quantitative estimate of drug-likeness (QED) is 0.380. The maximum atomic E-state index is 12.2. The Morgan fingerprint density at radius 3 is 2.31 bits per heavy atom. The van der Waals surface area contributed by atoms with Gasteiger partial charge in [0.15, 0.2) is 5.60 Å². The van der Waals surface area contributed by atoms with E-state index in [0.717, 1.165) is 38.7 Å². The van der Waals surface area contributed by atoms with Gasteiger partial charge in [-0.2, -0.15) is 0 Å². The molecule has 5 heteroatoms. The number of benzene rings is 3. The Labute approximate surface area is 191 Å². The van der Waals surface area contributed by atoms with Gasteiger partial charge in [0.1, 0.15) is 0 Å². The van der Waals surface area contributed by atoms with Crippen LogP contribution in [-0.2, 0) is 12.6 Å². The Morgan fingerprint density at radius 2 is 1.62 bits per heavy atom. The summed E-state index contributed by atoms with van der Waals surface area (Å²) in [6.07, 6.45) is 5.29. The lowest BCUT2D eigenvalue weighted by Gasteiger charge is -2.30. The highest BCUT2D eigenvalue weighted by Crippen LogP contribution is 2.39. The van der Waals surface area contributed by atoms with E-state index in [1.54, 1.807) is 24.7 Å². The van der Waals surface area contributed by atoms with E-state index in [1.165, 1.54) is 0 Å². The van der Waals surface area contributed by atoms with Crippen LogP contribution in [-0.4, -0.2) is 19.6 Å². The summed E-state index contributed by atoms with van der Waals surface area (Å²) in [7, 11) is 1.88. The van der Waals surface area contributed by atoms with Gasteiger partial charge in [-0.15, -0.1) is 0 Å². The van der Waals surface area contributed by atoms with Crippen molar-refractivity contribution in [2.75, 3.05) is 0 Å². The summed E-state index contributed by atoms with van der Waals surface area (Å²) >= 11 is 6.14. The average molecular weight is 440 g/mol. The number of hydrogen-bond donors (Lipinski definition) is 1. The fraction of sp³-hybridized carbons (Fsp3) is 0.111. The van der Waals surface area contributed by atoms with Crippen LogP contribution in [0.2, 0.25) is 5.02 Å². The first-order chi connectivity index (χ1) is 15.5. The molecule has 1 atom stereocenters. The number of imidazole rings is 1. The zero-order chi connectivity index (χ0) is 22.3. The van der Waals surface area contributed by atoms with Crippen molar-refractivity contribution in [3.05, 3.63) is 119 Å². The predicted molar refractivity (Wildman–Crippen MR) is 129 cm³/mol. The largest absolute Gasteiger partial charge is 0.374 e. The number of halogens is 1. The third-order valence-corrected chi connectivity index (χ3v) is 6.20. The van der Waals surface area contributed by atoms with E-state index in [-0.39, 0.29) is 0 Å². The van der Waals surface area contributed by atoms with E-state index in [2.05, 4.69) is 23.2 Å². The number of nitrogens with zero attached hydrogens (tertiary/aromatic N) is 3. The molecule has 32 heavy (non-hydrogen) atoms. The van der Waals surface area contributed by atoms with E-state index < -0.39 is 5.60 Å². The SMILES string of the molecule is Cc1cc(C(O)(c2ccc(Cl)cc2)c2cncn2C)cc2cc(-c3ccccc3)cnc12. The number of fused-ring (bicyclic) bond motifs is 1. The first-order valence-electron chi connectivity index (χ1n) is 10.4. The summed E-state index contributed by atoms with van der Waals surface area (Å²) < 4.78 is 1.84. The van der Waals surface area contributed by atoms with E-state index in [0.29, 0.717) is 10.7 Å². The van der Waals surface area contributed by atoms with Crippen molar-refractivity contribution < 1.29 is 5.11 Å². The van der Waals surface area contributed by atoms with E-state index in [1.807, 2.05) is 67.2 Å². The summed E-state index contributed by atoms with van der Waals surface area (Å²) in [6, 6.07) is 23.6. The van der Waals surface area contributed by atoms with Gasteiger partial charge >= 0.3 is 0 Å². The Bertz CT molecular complexity index is 1410. The third kappa shape index (κ3) is 3.38. The van der Waals surface area contributed by atoms with Crippen LogP contribution in [0, 0.1) is 6.92 Å².